The lowest BCUT2D eigenvalue weighted by atomic mass is 10.1. The lowest BCUT2D eigenvalue weighted by molar-refractivity contribution is 0.564. The molecular formula is C16H24O. The molecule has 0 saturated carbocycles. The lowest BCUT2D eigenvalue weighted by Gasteiger charge is -2.00. The molecule has 0 N–H and O–H groups in total. The summed E-state index contributed by atoms with van der Waals surface area (Å²) in [5.74, 6) is 0. The highest BCUT2D eigenvalue weighted by molar-refractivity contribution is 5.08. The van der Waals surface area contributed by atoms with Crippen LogP contribution in [0.4, 0.5) is 0 Å². The Hall–Kier alpha value is -1.24. The van der Waals surface area contributed by atoms with Crippen molar-refractivity contribution >= 4 is 0 Å². The van der Waals surface area contributed by atoms with Gasteiger partial charge in [0.15, 0.2) is 0 Å². The number of allylic oxidation sites excluding steroid dienone is 4. The van der Waals surface area contributed by atoms with Crippen LogP contribution >= 0.6 is 0 Å². The van der Waals surface area contributed by atoms with E-state index in [1.807, 2.05) is 12.3 Å². The van der Waals surface area contributed by atoms with Gasteiger partial charge in [0.2, 0.25) is 0 Å². The van der Waals surface area contributed by atoms with Crippen LogP contribution in [0.15, 0.2) is 46.3 Å². The first-order chi connectivity index (χ1) is 8.22. The summed E-state index contributed by atoms with van der Waals surface area (Å²) in [5, 5.41) is 0. The van der Waals surface area contributed by atoms with E-state index in [4.69, 9.17) is 4.42 Å². The topological polar surface area (TPSA) is 13.1 Å². The molecule has 1 heterocycles. The first kappa shape index (κ1) is 13.8. The summed E-state index contributed by atoms with van der Waals surface area (Å²) in [6.07, 6.45) is 14.0. The van der Waals surface area contributed by atoms with Gasteiger partial charge in [0.25, 0.3) is 0 Å². The van der Waals surface area contributed by atoms with Crippen molar-refractivity contribution in [3.63, 3.8) is 0 Å². The van der Waals surface area contributed by atoms with Crippen molar-refractivity contribution in [3.8, 4) is 0 Å². The van der Waals surface area contributed by atoms with E-state index in [0.29, 0.717) is 0 Å². The van der Waals surface area contributed by atoms with Gasteiger partial charge in [-0.1, -0.05) is 30.2 Å². The molecule has 0 aliphatic rings. The average Bonchev–Trinajstić information content (AvgIpc) is 2.82. The first-order valence-corrected chi connectivity index (χ1v) is 6.54. The van der Waals surface area contributed by atoms with Crippen LogP contribution in [0.5, 0.6) is 0 Å². The number of rotatable bonds is 7. The van der Waals surface area contributed by atoms with Crippen molar-refractivity contribution < 1.29 is 4.42 Å². The fourth-order valence-electron chi connectivity index (χ4n) is 1.71. The van der Waals surface area contributed by atoms with Crippen LogP contribution in [0.25, 0.3) is 0 Å². The van der Waals surface area contributed by atoms with Crippen LogP contribution in [0.2, 0.25) is 0 Å². The maximum absolute atomic E-state index is 5.05. The van der Waals surface area contributed by atoms with Gasteiger partial charge in [0, 0.05) is 0 Å². The Morgan fingerprint density at radius 2 is 1.94 bits per heavy atom. The van der Waals surface area contributed by atoms with Crippen molar-refractivity contribution in [1.29, 1.82) is 0 Å². The summed E-state index contributed by atoms with van der Waals surface area (Å²) in [6, 6.07) is 2.04. The first-order valence-electron chi connectivity index (χ1n) is 6.54. The molecule has 0 amide bonds. The molecule has 0 atom stereocenters. The van der Waals surface area contributed by atoms with Crippen molar-refractivity contribution in [3.05, 3.63) is 47.5 Å². The summed E-state index contributed by atoms with van der Waals surface area (Å²) >= 11 is 0. The fourth-order valence-corrected chi connectivity index (χ4v) is 1.71. The Kier molecular flexibility index (Phi) is 6.46. The summed E-state index contributed by atoms with van der Waals surface area (Å²) < 4.78 is 5.05. The number of furan rings is 1. The fraction of sp³-hybridized carbons (Fsp3) is 0.500. The zero-order valence-corrected chi connectivity index (χ0v) is 11.3. The highest BCUT2D eigenvalue weighted by Crippen LogP contribution is 2.11. The van der Waals surface area contributed by atoms with Crippen LogP contribution in [0.1, 0.15) is 52.0 Å². The third-order valence-corrected chi connectivity index (χ3v) is 3.10. The number of hydrogen-bond donors (Lipinski definition) is 0. The summed E-state index contributed by atoms with van der Waals surface area (Å²) in [6.45, 7) is 6.64. The van der Waals surface area contributed by atoms with Crippen molar-refractivity contribution in [2.24, 2.45) is 0 Å². The van der Waals surface area contributed by atoms with E-state index in [2.05, 4.69) is 32.9 Å². The van der Waals surface area contributed by atoms with Gasteiger partial charge in [-0.2, -0.15) is 0 Å². The van der Waals surface area contributed by atoms with Gasteiger partial charge in [0.05, 0.1) is 12.5 Å². The van der Waals surface area contributed by atoms with Crippen LogP contribution in [-0.4, -0.2) is 0 Å². The Bertz CT molecular complexity index is 355. The Morgan fingerprint density at radius 1 is 1.18 bits per heavy atom. The third-order valence-electron chi connectivity index (χ3n) is 3.10. The molecule has 0 aliphatic heterocycles. The van der Waals surface area contributed by atoms with E-state index in [1.54, 1.807) is 6.26 Å². The van der Waals surface area contributed by atoms with Gasteiger partial charge in [-0.25, -0.2) is 0 Å². The molecule has 0 aliphatic carbocycles. The normalized spacial score (nSPS) is 13.1. The molecule has 1 nitrogen and oxygen atoms in total. The zero-order chi connectivity index (χ0) is 12.5. The van der Waals surface area contributed by atoms with Crippen LogP contribution < -0.4 is 0 Å². The second-order valence-corrected chi connectivity index (χ2v) is 4.66. The van der Waals surface area contributed by atoms with E-state index in [9.17, 15) is 0 Å². The van der Waals surface area contributed by atoms with Crippen molar-refractivity contribution in [2.45, 2.75) is 52.9 Å². The maximum Gasteiger partial charge on any atom is 0.0934 e. The molecule has 1 rings (SSSR count). The van der Waals surface area contributed by atoms with Crippen LogP contribution in [0.3, 0.4) is 0 Å². The van der Waals surface area contributed by atoms with Gasteiger partial charge in [-0.15, -0.1) is 0 Å². The molecular weight excluding hydrogens is 208 g/mol. The molecule has 17 heavy (non-hydrogen) atoms. The second-order valence-electron chi connectivity index (χ2n) is 4.66. The molecule has 1 aromatic heterocycles. The molecule has 0 radical (unpaired) electrons. The van der Waals surface area contributed by atoms with E-state index in [-0.39, 0.29) is 0 Å². The average molecular weight is 232 g/mol. The summed E-state index contributed by atoms with van der Waals surface area (Å²) in [5.41, 5.74) is 4.28. The van der Waals surface area contributed by atoms with Gasteiger partial charge in [-0.05, 0) is 57.6 Å². The minimum absolute atomic E-state index is 1.08. The molecule has 1 heteroatoms. The standard InChI is InChI=1S/C16H24O/c1-4-14(2)7-5-8-15(3)9-6-10-16-11-12-17-13-16/h7,9,11-13H,4-6,8,10H2,1-3H3/b14-7+,15-9+. The molecule has 0 fully saturated rings. The van der Waals surface area contributed by atoms with Gasteiger partial charge in [0.1, 0.15) is 0 Å². The molecule has 0 aromatic carbocycles. The largest absolute Gasteiger partial charge is 0.472 e. The molecule has 0 spiro atoms. The van der Waals surface area contributed by atoms with E-state index in [0.717, 1.165) is 12.8 Å². The van der Waals surface area contributed by atoms with Gasteiger partial charge >= 0.3 is 0 Å². The SMILES string of the molecule is CC/C(C)=C/CC/C(C)=C/CCc1ccoc1. The number of aryl methyl sites for hydroxylation is 1. The Balaban J connectivity index is 2.21. The quantitative estimate of drug-likeness (QED) is 0.582. The number of hydrogen-bond acceptors (Lipinski definition) is 1. The molecule has 0 saturated heterocycles. The third kappa shape index (κ3) is 6.15. The van der Waals surface area contributed by atoms with Crippen molar-refractivity contribution in [1.82, 2.24) is 0 Å². The smallest absolute Gasteiger partial charge is 0.0934 e. The highest BCUT2D eigenvalue weighted by Gasteiger charge is 1.93. The van der Waals surface area contributed by atoms with E-state index >= 15 is 0 Å². The lowest BCUT2D eigenvalue weighted by Crippen LogP contribution is -1.82. The zero-order valence-electron chi connectivity index (χ0n) is 11.3. The maximum atomic E-state index is 5.05. The van der Waals surface area contributed by atoms with E-state index < -0.39 is 0 Å². The monoisotopic (exact) mass is 232 g/mol. The molecule has 0 bridgehead atoms. The predicted octanol–water partition coefficient (Wildman–Crippen LogP) is 5.30. The highest BCUT2D eigenvalue weighted by atomic mass is 16.3. The molecule has 1 aromatic rings. The minimum Gasteiger partial charge on any atom is -0.472 e. The van der Waals surface area contributed by atoms with Gasteiger partial charge < -0.3 is 4.42 Å². The van der Waals surface area contributed by atoms with E-state index in [1.165, 1.54) is 36.0 Å². The molecule has 0 unspecified atom stereocenters. The van der Waals surface area contributed by atoms with Crippen molar-refractivity contribution in [2.75, 3.05) is 0 Å². The molecule has 94 valence electrons. The van der Waals surface area contributed by atoms with Crippen LogP contribution in [-0.2, 0) is 6.42 Å². The summed E-state index contributed by atoms with van der Waals surface area (Å²) in [7, 11) is 0. The summed E-state index contributed by atoms with van der Waals surface area (Å²) in [4.78, 5) is 0. The Labute approximate surface area is 105 Å². The second kappa shape index (κ2) is 7.94. The predicted molar refractivity (Wildman–Crippen MR) is 74.1 cm³/mol. The Morgan fingerprint density at radius 3 is 2.59 bits per heavy atom. The van der Waals surface area contributed by atoms with Crippen LogP contribution in [0, 0.1) is 0 Å². The minimum atomic E-state index is 1.08. The van der Waals surface area contributed by atoms with Gasteiger partial charge in [-0.3, -0.25) is 0 Å².